The molecule has 88 valence electrons. The lowest BCUT2D eigenvalue weighted by Gasteiger charge is -2.21. The molecule has 0 bridgehead atoms. The largest absolute Gasteiger partial charge is 0.363 e. The fraction of sp³-hybridized carbons (Fsp3) is 0.917. The lowest BCUT2D eigenvalue weighted by atomic mass is 9.95. The molecule has 1 atom stereocenters. The average Bonchev–Trinajstić information content (AvgIpc) is 2.66. The van der Waals surface area contributed by atoms with E-state index < -0.39 is 0 Å². The molecule has 1 rings (SSSR count). The van der Waals surface area contributed by atoms with E-state index >= 15 is 0 Å². The predicted molar refractivity (Wildman–Crippen MR) is 70.0 cm³/mol. The molecule has 2 nitrogen and oxygen atoms in total. The van der Waals surface area contributed by atoms with Crippen LogP contribution in [-0.4, -0.2) is 29.6 Å². The number of rotatable bonds is 4. The van der Waals surface area contributed by atoms with Crippen LogP contribution in [0, 0.1) is 11.8 Å². The molecule has 1 saturated heterocycles. The van der Waals surface area contributed by atoms with Crippen LogP contribution in [0.2, 0.25) is 0 Å². The molecule has 0 amide bonds. The van der Waals surface area contributed by atoms with Crippen molar-refractivity contribution in [1.29, 1.82) is 0 Å². The zero-order chi connectivity index (χ0) is 11.3. The minimum Gasteiger partial charge on any atom is -0.363 e. The van der Waals surface area contributed by atoms with E-state index in [9.17, 15) is 0 Å². The predicted octanol–water partition coefficient (Wildman–Crippen LogP) is 2.64. The molecule has 3 heteroatoms. The van der Waals surface area contributed by atoms with Gasteiger partial charge in [0.15, 0.2) is 5.11 Å². The molecule has 1 aliphatic heterocycles. The summed E-state index contributed by atoms with van der Waals surface area (Å²) in [5, 5.41) is 4.31. The molecular weight excluding hydrogens is 204 g/mol. The lowest BCUT2D eigenvalue weighted by Crippen LogP contribution is -2.38. The summed E-state index contributed by atoms with van der Waals surface area (Å²) in [5.74, 6) is 1.62. The summed E-state index contributed by atoms with van der Waals surface area (Å²) in [6.07, 6.45) is 3.74. The Kier molecular flexibility index (Phi) is 5.37. The van der Waals surface area contributed by atoms with Crippen LogP contribution in [0.3, 0.4) is 0 Å². The summed E-state index contributed by atoms with van der Waals surface area (Å²) in [6, 6.07) is 0. The van der Waals surface area contributed by atoms with Crippen molar-refractivity contribution in [2.75, 3.05) is 19.6 Å². The maximum absolute atomic E-state index is 5.38. The second-order valence-corrected chi connectivity index (χ2v) is 5.21. The standard InChI is InChI=1S/C12H24N2S/c1-4-5-7-13-12(15)14-8-6-11(9-14)10(2)3/h10-11H,4-9H2,1-3H3,(H,13,15). The Morgan fingerprint density at radius 2 is 2.27 bits per heavy atom. The van der Waals surface area contributed by atoms with Crippen molar-refractivity contribution in [3.63, 3.8) is 0 Å². The summed E-state index contributed by atoms with van der Waals surface area (Å²) < 4.78 is 0. The third-order valence-electron chi connectivity index (χ3n) is 3.26. The molecule has 15 heavy (non-hydrogen) atoms. The highest BCUT2D eigenvalue weighted by Gasteiger charge is 2.25. The van der Waals surface area contributed by atoms with Gasteiger partial charge >= 0.3 is 0 Å². The molecule has 1 aliphatic rings. The Bertz CT molecular complexity index is 204. The molecule has 1 N–H and O–H groups in total. The molecule has 0 aromatic heterocycles. The average molecular weight is 228 g/mol. The smallest absolute Gasteiger partial charge is 0.168 e. The summed E-state index contributed by atoms with van der Waals surface area (Å²) in [5.41, 5.74) is 0. The van der Waals surface area contributed by atoms with E-state index in [0.29, 0.717) is 0 Å². The molecule has 0 aromatic carbocycles. The maximum atomic E-state index is 5.38. The van der Waals surface area contributed by atoms with E-state index in [1.54, 1.807) is 0 Å². The molecule has 0 aromatic rings. The maximum Gasteiger partial charge on any atom is 0.168 e. The summed E-state index contributed by atoms with van der Waals surface area (Å²) in [7, 11) is 0. The quantitative estimate of drug-likeness (QED) is 0.588. The van der Waals surface area contributed by atoms with E-state index in [-0.39, 0.29) is 0 Å². The Morgan fingerprint density at radius 3 is 2.80 bits per heavy atom. The zero-order valence-corrected chi connectivity index (χ0v) is 11.1. The number of thiocarbonyl (C=S) groups is 1. The van der Waals surface area contributed by atoms with Gasteiger partial charge in [0.1, 0.15) is 0 Å². The van der Waals surface area contributed by atoms with Crippen LogP contribution >= 0.6 is 12.2 Å². The van der Waals surface area contributed by atoms with Crippen molar-refractivity contribution < 1.29 is 0 Å². The van der Waals surface area contributed by atoms with Gasteiger partial charge < -0.3 is 10.2 Å². The molecule has 1 unspecified atom stereocenters. The van der Waals surface area contributed by atoms with E-state index in [0.717, 1.165) is 36.6 Å². The normalized spacial score (nSPS) is 21.1. The van der Waals surface area contributed by atoms with E-state index in [1.165, 1.54) is 19.3 Å². The van der Waals surface area contributed by atoms with Crippen LogP contribution in [0.25, 0.3) is 0 Å². The Labute approximate surface area is 99.4 Å². The second-order valence-electron chi connectivity index (χ2n) is 4.82. The fourth-order valence-electron chi connectivity index (χ4n) is 2.00. The van der Waals surface area contributed by atoms with Gasteiger partial charge in [0, 0.05) is 19.6 Å². The highest BCUT2D eigenvalue weighted by molar-refractivity contribution is 7.80. The van der Waals surface area contributed by atoms with Gasteiger partial charge in [0.05, 0.1) is 0 Å². The second kappa shape index (κ2) is 6.31. The van der Waals surface area contributed by atoms with Crippen molar-refractivity contribution in [3.05, 3.63) is 0 Å². The third kappa shape index (κ3) is 3.98. The third-order valence-corrected chi connectivity index (χ3v) is 3.66. The number of nitrogens with zero attached hydrogens (tertiary/aromatic N) is 1. The van der Waals surface area contributed by atoms with Gasteiger partial charge in [-0.3, -0.25) is 0 Å². The Hall–Kier alpha value is -0.310. The zero-order valence-electron chi connectivity index (χ0n) is 10.3. The first-order chi connectivity index (χ1) is 7.15. The summed E-state index contributed by atoms with van der Waals surface area (Å²) >= 11 is 5.38. The Morgan fingerprint density at radius 1 is 1.53 bits per heavy atom. The number of nitrogens with one attached hydrogen (secondary N) is 1. The first-order valence-electron chi connectivity index (χ1n) is 6.18. The van der Waals surface area contributed by atoms with Gasteiger partial charge in [-0.15, -0.1) is 0 Å². The molecule has 0 aliphatic carbocycles. The van der Waals surface area contributed by atoms with Crippen molar-refractivity contribution in [2.24, 2.45) is 11.8 Å². The minimum absolute atomic E-state index is 0.786. The van der Waals surface area contributed by atoms with Crippen LogP contribution < -0.4 is 5.32 Å². The van der Waals surface area contributed by atoms with Crippen molar-refractivity contribution in [1.82, 2.24) is 10.2 Å². The topological polar surface area (TPSA) is 15.3 Å². The SMILES string of the molecule is CCCCNC(=S)N1CCC(C(C)C)C1. The van der Waals surface area contributed by atoms with E-state index in [2.05, 4.69) is 31.0 Å². The summed E-state index contributed by atoms with van der Waals surface area (Å²) in [6.45, 7) is 10.1. The first kappa shape index (κ1) is 12.8. The highest BCUT2D eigenvalue weighted by Crippen LogP contribution is 2.23. The van der Waals surface area contributed by atoms with Gasteiger partial charge in [-0.05, 0) is 36.9 Å². The molecule has 0 spiro atoms. The molecule has 1 heterocycles. The molecule has 0 saturated carbocycles. The van der Waals surface area contributed by atoms with Crippen LogP contribution in [0.4, 0.5) is 0 Å². The van der Waals surface area contributed by atoms with Gasteiger partial charge in [-0.1, -0.05) is 27.2 Å². The van der Waals surface area contributed by atoms with Crippen LogP contribution in [0.1, 0.15) is 40.0 Å². The Balaban J connectivity index is 2.24. The summed E-state index contributed by atoms with van der Waals surface area (Å²) in [4.78, 5) is 2.33. The van der Waals surface area contributed by atoms with E-state index in [4.69, 9.17) is 12.2 Å². The van der Waals surface area contributed by atoms with Gasteiger partial charge in [0.2, 0.25) is 0 Å². The lowest BCUT2D eigenvalue weighted by molar-refractivity contribution is 0.387. The minimum atomic E-state index is 0.786. The number of likely N-dealkylation sites (tertiary alicyclic amines) is 1. The molecule has 0 radical (unpaired) electrons. The number of hydrogen-bond donors (Lipinski definition) is 1. The molecular formula is C12H24N2S. The van der Waals surface area contributed by atoms with Crippen LogP contribution in [0.15, 0.2) is 0 Å². The van der Waals surface area contributed by atoms with Crippen molar-refractivity contribution in [3.8, 4) is 0 Å². The van der Waals surface area contributed by atoms with Crippen molar-refractivity contribution in [2.45, 2.75) is 40.0 Å². The fourth-order valence-corrected chi connectivity index (χ4v) is 2.27. The van der Waals surface area contributed by atoms with Gasteiger partial charge in [0.25, 0.3) is 0 Å². The number of unbranched alkanes of at least 4 members (excludes halogenated alkanes) is 1. The van der Waals surface area contributed by atoms with Crippen molar-refractivity contribution >= 4 is 17.3 Å². The molecule has 1 fully saturated rings. The van der Waals surface area contributed by atoms with Crippen LogP contribution in [0.5, 0.6) is 0 Å². The van der Waals surface area contributed by atoms with Gasteiger partial charge in [-0.25, -0.2) is 0 Å². The highest BCUT2D eigenvalue weighted by atomic mass is 32.1. The van der Waals surface area contributed by atoms with Gasteiger partial charge in [-0.2, -0.15) is 0 Å². The van der Waals surface area contributed by atoms with E-state index in [1.807, 2.05) is 0 Å². The first-order valence-corrected chi connectivity index (χ1v) is 6.58. The monoisotopic (exact) mass is 228 g/mol. The number of hydrogen-bond acceptors (Lipinski definition) is 1. The van der Waals surface area contributed by atoms with Crippen LogP contribution in [-0.2, 0) is 0 Å².